The molecular formula is C25H19F3N8O3. The molecular weight excluding hydrogens is 517 g/mol. The van der Waals surface area contributed by atoms with Gasteiger partial charge in [-0.2, -0.15) is 18.3 Å². The van der Waals surface area contributed by atoms with Crippen LogP contribution in [0.2, 0.25) is 0 Å². The second-order valence-electron chi connectivity index (χ2n) is 8.36. The number of halogens is 3. The number of H-pyrrole nitrogens is 1. The number of nitrogens with one attached hydrogen (secondary N) is 3. The van der Waals surface area contributed by atoms with Crippen LogP contribution in [0.3, 0.4) is 0 Å². The van der Waals surface area contributed by atoms with Crippen molar-refractivity contribution in [3.8, 4) is 0 Å². The molecule has 39 heavy (non-hydrogen) atoms. The highest BCUT2D eigenvalue weighted by Gasteiger charge is 2.31. The fraction of sp³-hybridized carbons (Fsp3) is 0.120. The van der Waals surface area contributed by atoms with Crippen molar-refractivity contribution in [1.82, 2.24) is 20.5 Å². The summed E-state index contributed by atoms with van der Waals surface area (Å²) in [4.78, 5) is 20.5. The van der Waals surface area contributed by atoms with Gasteiger partial charge in [0, 0.05) is 23.7 Å². The summed E-state index contributed by atoms with van der Waals surface area (Å²) in [7, 11) is 0. The number of rotatable bonds is 7. The van der Waals surface area contributed by atoms with Crippen molar-refractivity contribution in [3.63, 3.8) is 0 Å². The van der Waals surface area contributed by atoms with Crippen LogP contribution < -0.4 is 20.4 Å². The van der Waals surface area contributed by atoms with E-state index in [-0.39, 0.29) is 30.2 Å². The fourth-order valence-corrected chi connectivity index (χ4v) is 3.78. The standard InChI is InChI=1S/C25H19F3N8O3/c26-25(27,28)17-9-19(31-21(37)8-15-4-3-5-16-12-30-34-23(15)16)11-20(10-17)32-24(38)33-22-14-36(35-39-22)13-18-6-1-2-7-29-18/h1-7,9-12,14H,8,13H2,(H3-,30,31,32,33,34,35,37,38). The summed E-state index contributed by atoms with van der Waals surface area (Å²) in [5.74, 6) is -0.727. The van der Waals surface area contributed by atoms with Crippen molar-refractivity contribution in [2.45, 2.75) is 19.1 Å². The number of hydrogen-bond donors (Lipinski definition) is 3. The minimum absolute atomic E-state index is 0.0523. The molecule has 0 saturated heterocycles. The quantitative estimate of drug-likeness (QED) is 0.165. The molecule has 0 unspecified atom stereocenters. The van der Waals surface area contributed by atoms with Gasteiger partial charge in [-0.05, 0) is 46.5 Å². The van der Waals surface area contributed by atoms with Crippen molar-refractivity contribution >= 4 is 40.1 Å². The lowest BCUT2D eigenvalue weighted by molar-refractivity contribution is -0.755. The number of fused-ring (bicyclic) bond motifs is 1. The summed E-state index contributed by atoms with van der Waals surface area (Å²) in [6.07, 6.45) is -0.311. The first kappa shape index (κ1) is 25.4. The van der Waals surface area contributed by atoms with Gasteiger partial charge in [-0.3, -0.25) is 24.9 Å². The van der Waals surface area contributed by atoms with Crippen LogP contribution >= 0.6 is 0 Å². The van der Waals surface area contributed by atoms with Crippen LogP contribution in [0, 0.1) is 0 Å². The molecule has 0 atom stereocenters. The Kier molecular flexibility index (Phi) is 6.91. The Bertz CT molecular complexity index is 1650. The van der Waals surface area contributed by atoms with Crippen molar-refractivity contribution in [1.29, 1.82) is 0 Å². The number of urea groups is 1. The molecule has 0 spiro atoms. The molecule has 0 fully saturated rings. The normalized spacial score (nSPS) is 12.0. The Hall–Kier alpha value is -5.27. The van der Waals surface area contributed by atoms with Crippen LogP contribution in [0.25, 0.3) is 10.9 Å². The fourth-order valence-electron chi connectivity index (χ4n) is 3.78. The van der Waals surface area contributed by atoms with E-state index in [4.69, 9.17) is 4.52 Å². The number of amides is 2. The lowest BCUT2D eigenvalue weighted by atomic mass is 10.1. The molecule has 0 aliphatic rings. The summed E-state index contributed by atoms with van der Waals surface area (Å²) in [5, 5.41) is 28.5. The molecule has 14 heteroatoms. The maximum absolute atomic E-state index is 13.5. The van der Waals surface area contributed by atoms with E-state index < -0.39 is 23.7 Å². The molecule has 3 aromatic heterocycles. The largest absolute Gasteiger partial charge is 0.861 e. The van der Waals surface area contributed by atoms with E-state index in [0.717, 1.165) is 23.6 Å². The zero-order valence-electron chi connectivity index (χ0n) is 19.9. The van der Waals surface area contributed by atoms with Crippen LogP contribution in [0.4, 0.5) is 35.2 Å². The van der Waals surface area contributed by atoms with Gasteiger partial charge in [-0.1, -0.05) is 24.3 Å². The van der Waals surface area contributed by atoms with Gasteiger partial charge in [0.25, 0.3) is 6.20 Å². The maximum Gasteiger partial charge on any atom is 0.416 e. The molecule has 3 heterocycles. The van der Waals surface area contributed by atoms with E-state index >= 15 is 0 Å². The Morgan fingerprint density at radius 1 is 1.13 bits per heavy atom. The van der Waals surface area contributed by atoms with Gasteiger partial charge in [0.1, 0.15) is 5.69 Å². The summed E-state index contributed by atoms with van der Waals surface area (Å²) < 4.78 is 47.0. The highest BCUT2D eigenvalue weighted by Crippen LogP contribution is 2.34. The number of para-hydroxylation sites is 1. The van der Waals surface area contributed by atoms with E-state index in [1.165, 1.54) is 10.9 Å². The number of nitrogens with zero attached hydrogens (tertiary/aromatic N) is 5. The second kappa shape index (κ2) is 10.6. The van der Waals surface area contributed by atoms with Gasteiger partial charge in [0.05, 0.1) is 23.0 Å². The zero-order valence-corrected chi connectivity index (χ0v) is 19.9. The smallest absolute Gasteiger partial charge is 0.416 e. The molecule has 0 bridgehead atoms. The average molecular weight is 536 g/mol. The van der Waals surface area contributed by atoms with Crippen molar-refractivity contribution in [2.24, 2.45) is 4.99 Å². The van der Waals surface area contributed by atoms with Gasteiger partial charge in [0.15, 0.2) is 0 Å². The van der Waals surface area contributed by atoms with Crippen LogP contribution in [-0.4, -0.2) is 32.4 Å². The molecule has 0 saturated carbocycles. The Labute approximate surface area is 218 Å². The Balaban J connectivity index is 1.31. The van der Waals surface area contributed by atoms with E-state index in [0.29, 0.717) is 16.8 Å². The number of carbonyl (C=O) groups is 1. The number of hydrogen-bond acceptors (Lipinski definition) is 7. The number of alkyl halides is 3. The maximum atomic E-state index is 13.5. The SMILES string of the molecule is O=C(Nc1cc(N=C([O-])Cc2cccc3cn[nH]c23)cc(C(F)(F)F)c1)Nc1c[n+](Cc2ccccn2)no1. The number of benzene rings is 2. The first-order valence-electron chi connectivity index (χ1n) is 11.4. The van der Waals surface area contributed by atoms with Crippen molar-refractivity contribution in [3.05, 3.63) is 90.0 Å². The van der Waals surface area contributed by atoms with Gasteiger partial charge in [0.2, 0.25) is 11.8 Å². The van der Waals surface area contributed by atoms with Crippen molar-refractivity contribution in [2.75, 3.05) is 10.6 Å². The molecule has 2 aromatic carbocycles. The van der Waals surface area contributed by atoms with E-state index in [1.54, 1.807) is 48.8 Å². The van der Waals surface area contributed by atoms with Crippen LogP contribution in [0.15, 0.2) is 82.7 Å². The molecule has 3 N–H and O–H groups in total. The first-order valence-corrected chi connectivity index (χ1v) is 11.4. The van der Waals surface area contributed by atoms with Crippen LogP contribution in [-0.2, 0) is 19.1 Å². The van der Waals surface area contributed by atoms with Gasteiger partial charge < -0.3 is 10.4 Å². The van der Waals surface area contributed by atoms with Gasteiger partial charge >= 0.3 is 18.1 Å². The number of aliphatic imine (C=N–C) groups is 1. The number of carbonyl (C=O) groups excluding carboxylic acids is 1. The second-order valence-corrected chi connectivity index (χ2v) is 8.36. The van der Waals surface area contributed by atoms with E-state index in [9.17, 15) is 23.1 Å². The third kappa shape index (κ3) is 6.36. The van der Waals surface area contributed by atoms with Gasteiger partial charge in [-0.25, -0.2) is 4.79 Å². The molecule has 5 rings (SSSR count). The number of pyridine rings is 1. The molecule has 2 amide bonds. The molecule has 0 radical (unpaired) electrons. The van der Waals surface area contributed by atoms with E-state index in [2.05, 4.69) is 36.1 Å². The highest BCUT2D eigenvalue weighted by molar-refractivity contribution is 5.99. The zero-order chi connectivity index (χ0) is 27.4. The topological polar surface area (TPSA) is 148 Å². The molecule has 11 nitrogen and oxygen atoms in total. The molecule has 5 aromatic rings. The predicted octanol–water partition coefficient (Wildman–Crippen LogP) is 3.58. The third-order valence-electron chi connectivity index (χ3n) is 5.46. The third-order valence-corrected chi connectivity index (χ3v) is 5.46. The summed E-state index contributed by atoms with van der Waals surface area (Å²) in [6, 6.07) is 12.3. The Morgan fingerprint density at radius 3 is 2.79 bits per heavy atom. The minimum Gasteiger partial charge on any atom is -0.861 e. The molecule has 198 valence electrons. The highest BCUT2D eigenvalue weighted by atomic mass is 19.4. The number of aromatic amines is 1. The summed E-state index contributed by atoms with van der Waals surface area (Å²) in [6.45, 7) is 0.273. The Morgan fingerprint density at radius 2 is 2.00 bits per heavy atom. The van der Waals surface area contributed by atoms with E-state index in [1.807, 2.05) is 0 Å². The van der Waals surface area contributed by atoms with Crippen LogP contribution in [0.5, 0.6) is 0 Å². The molecule has 0 aliphatic carbocycles. The summed E-state index contributed by atoms with van der Waals surface area (Å²) in [5.41, 5.74) is 0.340. The molecule has 0 aliphatic heterocycles. The first-order chi connectivity index (χ1) is 18.7. The average Bonchev–Trinajstić information content (AvgIpc) is 3.54. The van der Waals surface area contributed by atoms with Crippen LogP contribution in [0.1, 0.15) is 16.8 Å². The minimum atomic E-state index is -4.75. The van der Waals surface area contributed by atoms with Crippen molar-refractivity contribution < 1.29 is 32.3 Å². The monoisotopic (exact) mass is 536 g/mol. The van der Waals surface area contributed by atoms with Gasteiger partial charge in [-0.15, -0.1) is 0 Å². The number of aromatic nitrogens is 5. The lowest BCUT2D eigenvalue weighted by Gasteiger charge is -2.14. The summed E-state index contributed by atoms with van der Waals surface area (Å²) >= 11 is 0. The number of anilines is 2. The lowest BCUT2D eigenvalue weighted by Crippen LogP contribution is -2.35. The predicted molar refractivity (Wildman–Crippen MR) is 131 cm³/mol.